The van der Waals surface area contributed by atoms with Crippen molar-refractivity contribution >= 4 is 33.2 Å². The van der Waals surface area contributed by atoms with Crippen molar-refractivity contribution in [2.75, 3.05) is 26.2 Å². The third-order valence-corrected chi connectivity index (χ3v) is 6.35. The first-order valence-corrected chi connectivity index (χ1v) is 10.6. The van der Waals surface area contributed by atoms with Gasteiger partial charge in [-0.3, -0.25) is 9.69 Å². The number of carbonyl (C=O) groups is 1. The second kappa shape index (κ2) is 8.14. The largest absolute Gasteiger partial charge is 0.361 e. The molecule has 28 heavy (non-hydrogen) atoms. The summed E-state index contributed by atoms with van der Waals surface area (Å²) < 4.78 is 11.5. The van der Waals surface area contributed by atoms with Gasteiger partial charge in [0.05, 0.1) is 20.9 Å². The van der Waals surface area contributed by atoms with Crippen LogP contribution in [-0.4, -0.2) is 57.2 Å². The summed E-state index contributed by atoms with van der Waals surface area (Å²) in [6.45, 7) is 7.35. The summed E-state index contributed by atoms with van der Waals surface area (Å²) >= 11 is 4.89. The Balaban J connectivity index is 1.38. The molecule has 0 spiro atoms. The van der Waals surface area contributed by atoms with E-state index < -0.39 is 0 Å². The second-order valence-corrected chi connectivity index (χ2v) is 9.20. The van der Waals surface area contributed by atoms with E-state index in [9.17, 15) is 4.79 Å². The molecule has 0 unspecified atom stereocenters. The van der Waals surface area contributed by atoms with Crippen LogP contribution in [0.15, 0.2) is 25.0 Å². The molecule has 148 valence electrons. The molecule has 1 aliphatic rings. The summed E-state index contributed by atoms with van der Waals surface area (Å²) in [5.74, 6) is 1.81. The molecule has 0 radical (unpaired) electrons. The van der Waals surface area contributed by atoms with E-state index in [2.05, 4.69) is 36.1 Å². The zero-order chi connectivity index (χ0) is 19.7. The number of halogens is 1. The number of thiophene rings is 1. The van der Waals surface area contributed by atoms with Crippen LogP contribution in [0.3, 0.4) is 0 Å². The zero-order valence-electron chi connectivity index (χ0n) is 15.6. The Bertz CT molecular complexity index is 962. The topological polar surface area (TPSA) is 88.5 Å². The van der Waals surface area contributed by atoms with Gasteiger partial charge in [0.25, 0.3) is 11.8 Å². The molecule has 0 bridgehead atoms. The third-order valence-electron chi connectivity index (χ3n) is 4.74. The van der Waals surface area contributed by atoms with E-state index in [1.807, 2.05) is 30.9 Å². The number of amides is 1. The van der Waals surface area contributed by atoms with Crippen LogP contribution in [0.5, 0.6) is 0 Å². The zero-order valence-corrected chi connectivity index (χ0v) is 18.0. The predicted octanol–water partition coefficient (Wildman–Crippen LogP) is 3.51. The summed E-state index contributed by atoms with van der Waals surface area (Å²) in [6, 6.07) is 3.78. The smallest absolute Gasteiger partial charge is 0.264 e. The van der Waals surface area contributed by atoms with Gasteiger partial charge in [0.1, 0.15) is 11.3 Å². The van der Waals surface area contributed by atoms with Gasteiger partial charge in [-0.1, -0.05) is 10.3 Å². The van der Waals surface area contributed by atoms with Crippen LogP contribution < -0.4 is 0 Å². The van der Waals surface area contributed by atoms with Gasteiger partial charge in [-0.25, -0.2) is 0 Å². The van der Waals surface area contributed by atoms with Gasteiger partial charge in [0, 0.05) is 26.2 Å². The fourth-order valence-corrected chi connectivity index (χ4v) is 4.68. The molecule has 1 amide bonds. The maximum absolute atomic E-state index is 12.7. The van der Waals surface area contributed by atoms with E-state index in [0.717, 1.165) is 46.0 Å². The quantitative estimate of drug-likeness (QED) is 0.582. The summed E-state index contributed by atoms with van der Waals surface area (Å²) in [6.07, 6.45) is 0.910. The Morgan fingerprint density at radius 2 is 2.04 bits per heavy atom. The lowest BCUT2D eigenvalue weighted by atomic mass is 10.2. The Kier molecular flexibility index (Phi) is 5.61. The number of hydrogen-bond donors (Lipinski definition) is 0. The molecular formula is C18H20BrN5O3S. The average molecular weight is 466 g/mol. The molecule has 4 rings (SSSR count). The van der Waals surface area contributed by atoms with E-state index in [-0.39, 0.29) is 5.91 Å². The molecule has 10 heteroatoms. The molecule has 0 atom stereocenters. The minimum Gasteiger partial charge on any atom is -0.361 e. The predicted molar refractivity (Wildman–Crippen MR) is 107 cm³/mol. The van der Waals surface area contributed by atoms with Crippen LogP contribution in [0, 0.1) is 13.8 Å². The highest BCUT2D eigenvalue weighted by Gasteiger charge is 2.23. The molecule has 1 aliphatic heterocycles. The van der Waals surface area contributed by atoms with Crippen molar-refractivity contribution in [2.45, 2.75) is 26.8 Å². The Hall–Kier alpha value is -2.04. The van der Waals surface area contributed by atoms with E-state index >= 15 is 0 Å². The molecular weight excluding hydrogens is 446 g/mol. The van der Waals surface area contributed by atoms with E-state index in [1.165, 1.54) is 11.3 Å². The molecule has 0 aliphatic carbocycles. The third kappa shape index (κ3) is 4.03. The van der Waals surface area contributed by atoms with Gasteiger partial charge in [-0.05, 0) is 48.3 Å². The number of aromatic nitrogens is 3. The highest BCUT2D eigenvalue weighted by Crippen LogP contribution is 2.26. The molecule has 1 saturated heterocycles. The van der Waals surface area contributed by atoms with Crippen molar-refractivity contribution in [2.24, 2.45) is 0 Å². The number of rotatable bonds is 4. The van der Waals surface area contributed by atoms with Crippen molar-refractivity contribution in [3.05, 3.63) is 38.1 Å². The lowest BCUT2D eigenvalue weighted by Crippen LogP contribution is -2.34. The maximum Gasteiger partial charge on any atom is 0.264 e. The molecule has 0 N–H and O–H groups in total. The Labute approximate surface area is 174 Å². The van der Waals surface area contributed by atoms with Crippen molar-refractivity contribution in [3.63, 3.8) is 0 Å². The number of aryl methyl sites for hydroxylation is 2. The summed E-state index contributed by atoms with van der Waals surface area (Å²) in [4.78, 5) is 22.1. The SMILES string of the molecule is Cc1noc(C)c1-c1nc(CN2CCCN(C(=O)c3ccc(Br)s3)CC2)no1. The average Bonchev–Trinajstić information content (AvgIpc) is 3.33. The normalized spacial score (nSPS) is 15.8. The van der Waals surface area contributed by atoms with Crippen molar-refractivity contribution in [1.82, 2.24) is 25.1 Å². The van der Waals surface area contributed by atoms with Gasteiger partial charge >= 0.3 is 0 Å². The fourth-order valence-electron chi connectivity index (χ4n) is 3.33. The molecule has 3 aromatic rings. The first-order valence-electron chi connectivity index (χ1n) is 9.04. The lowest BCUT2D eigenvalue weighted by Gasteiger charge is -2.20. The highest BCUT2D eigenvalue weighted by atomic mass is 79.9. The van der Waals surface area contributed by atoms with Crippen molar-refractivity contribution in [1.29, 1.82) is 0 Å². The first kappa shape index (κ1) is 19.3. The molecule has 0 aromatic carbocycles. The standard InChI is InChI=1S/C18H20BrN5O3S/c1-11-16(12(2)26-21-11)17-20-15(22-27-17)10-23-6-3-7-24(9-8-23)18(25)13-4-5-14(19)28-13/h4-5H,3,6-10H2,1-2H3. The molecule has 4 heterocycles. The van der Waals surface area contributed by atoms with Crippen LogP contribution >= 0.6 is 27.3 Å². The number of hydrogen-bond acceptors (Lipinski definition) is 8. The van der Waals surface area contributed by atoms with Gasteiger partial charge in [-0.15, -0.1) is 11.3 Å². The van der Waals surface area contributed by atoms with Gasteiger partial charge in [-0.2, -0.15) is 4.98 Å². The van der Waals surface area contributed by atoms with E-state index in [0.29, 0.717) is 30.6 Å². The summed E-state index contributed by atoms with van der Waals surface area (Å²) in [7, 11) is 0. The summed E-state index contributed by atoms with van der Waals surface area (Å²) in [5, 5.41) is 8.03. The van der Waals surface area contributed by atoms with E-state index in [4.69, 9.17) is 9.05 Å². The minimum absolute atomic E-state index is 0.0952. The minimum atomic E-state index is 0.0952. The van der Waals surface area contributed by atoms with Crippen LogP contribution in [-0.2, 0) is 6.54 Å². The number of nitrogens with zero attached hydrogens (tertiary/aromatic N) is 5. The molecule has 3 aromatic heterocycles. The van der Waals surface area contributed by atoms with Gasteiger partial charge in [0.2, 0.25) is 0 Å². The monoisotopic (exact) mass is 465 g/mol. The fraction of sp³-hybridized carbons (Fsp3) is 0.444. The first-order chi connectivity index (χ1) is 13.5. The molecule has 0 saturated carbocycles. The lowest BCUT2D eigenvalue weighted by molar-refractivity contribution is 0.0765. The van der Waals surface area contributed by atoms with Crippen LogP contribution in [0.2, 0.25) is 0 Å². The van der Waals surface area contributed by atoms with Gasteiger partial charge < -0.3 is 13.9 Å². The molecule has 1 fully saturated rings. The Morgan fingerprint density at radius 3 is 2.75 bits per heavy atom. The van der Waals surface area contributed by atoms with Crippen molar-refractivity contribution in [3.8, 4) is 11.5 Å². The van der Waals surface area contributed by atoms with Crippen LogP contribution in [0.1, 0.15) is 33.4 Å². The molecule has 8 nitrogen and oxygen atoms in total. The maximum atomic E-state index is 12.7. The van der Waals surface area contributed by atoms with Gasteiger partial charge in [0.15, 0.2) is 5.82 Å². The van der Waals surface area contributed by atoms with Crippen LogP contribution in [0.4, 0.5) is 0 Å². The van der Waals surface area contributed by atoms with Crippen molar-refractivity contribution < 1.29 is 13.8 Å². The van der Waals surface area contributed by atoms with Crippen LogP contribution in [0.25, 0.3) is 11.5 Å². The summed E-state index contributed by atoms with van der Waals surface area (Å²) in [5.41, 5.74) is 1.49. The Morgan fingerprint density at radius 1 is 1.18 bits per heavy atom. The number of carbonyl (C=O) groups excluding carboxylic acids is 1. The van der Waals surface area contributed by atoms with E-state index in [1.54, 1.807) is 0 Å². The highest BCUT2D eigenvalue weighted by molar-refractivity contribution is 9.11. The second-order valence-electron chi connectivity index (χ2n) is 6.74.